The number of aliphatic carboxylic acids is 1. The zero-order valence-electron chi connectivity index (χ0n) is 19.6. The Morgan fingerprint density at radius 1 is 1.30 bits per heavy atom. The van der Waals surface area contributed by atoms with Gasteiger partial charge in [0.1, 0.15) is 0 Å². The van der Waals surface area contributed by atoms with Gasteiger partial charge in [0.2, 0.25) is 0 Å². The molecule has 2 aromatic heterocycles. The van der Waals surface area contributed by atoms with E-state index in [0.717, 1.165) is 24.0 Å². The third kappa shape index (κ3) is 5.89. The maximum Gasteiger partial charge on any atom is 0.320 e. The molecule has 3 rings (SSSR count). The SMILES string of the molecule is CCCCOc1nc(N)c2nc(OC)n(CCN(C)Cc3cccc(C(C)C(=O)O)c3)c2n1. The van der Waals surface area contributed by atoms with E-state index in [4.69, 9.17) is 15.2 Å². The first-order chi connectivity index (χ1) is 15.8. The molecule has 3 aromatic rings. The van der Waals surface area contributed by atoms with Crippen LogP contribution in [0.1, 0.15) is 43.7 Å². The molecule has 1 atom stereocenters. The molecule has 1 unspecified atom stereocenters. The molecule has 0 saturated heterocycles. The summed E-state index contributed by atoms with van der Waals surface area (Å²) in [6, 6.07) is 8.31. The second kappa shape index (κ2) is 11.0. The van der Waals surface area contributed by atoms with Crippen LogP contribution >= 0.6 is 0 Å². The number of carbonyl (C=O) groups is 1. The lowest BCUT2D eigenvalue weighted by molar-refractivity contribution is -0.138. The van der Waals surface area contributed by atoms with E-state index >= 15 is 0 Å². The molecule has 0 fully saturated rings. The predicted octanol–water partition coefficient (Wildman–Crippen LogP) is 2.92. The van der Waals surface area contributed by atoms with Gasteiger partial charge in [0, 0.05) is 19.6 Å². The van der Waals surface area contributed by atoms with Crippen molar-refractivity contribution in [3.63, 3.8) is 0 Å². The minimum Gasteiger partial charge on any atom is -0.481 e. The number of nitrogens with two attached hydrogens (primary N) is 1. The van der Waals surface area contributed by atoms with Crippen LogP contribution in [0.15, 0.2) is 24.3 Å². The summed E-state index contributed by atoms with van der Waals surface area (Å²) in [5.41, 5.74) is 8.98. The van der Waals surface area contributed by atoms with Gasteiger partial charge in [-0.15, -0.1) is 0 Å². The van der Waals surface area contributed by atoms with Crippen LogP contribution in [-0.2, 0) is 17.9 Å². The molecule has 0 amide bonds. The Morgan fingerprint density at radius 2 is 2.09 bits per heavy atom. The minimum atomic E-state index is -0.834. The molecule has 33 heavy (non-hydrogen) atoms. The molecule has 0 saturated carbocycles. The highest BCUT2D eigenvalue weighted by Crippen LogP contribution is 2.25. The van der Waals surface area contributed by atoms with E-state index in [9.17, 15) is 9.90 Å². The number of nitrogen functional groups attached to an aromatic ring is 1. The maximum atomic E-state index is 11.3. The van der Waals surface area contributed by atoms with Crippen molar-refractivity contribution in [3.8, 4) is 12.0 Å². The maximum absolute atomic E-state index is 11.3. The van der Waals surface area contributed by atoms with Gasteiger partial charge < -0.3 is 25.2 Å². The number of methoxy groups -OCH3 is 1. The van der Waals surface area contributed by atoms with Gasteiger partial charge in [0.15, 0.2) is 17.0 Å². The highest BCUT2D eigenvalue weighted by Gasteiger charge is 2.19. The standard InChI is InChI=1S/C23H32N6O4/c1-5-6-12-33-22-26-19(24)18-20(27-22)29(23(25-18)32-4)11-10-28(3)14-16-8-7-9-17(13-16)15(2)21(30)31/h7-9,13,15H,5-6,10-12,14H2,1-4H3,(H,30,31)(H2,24,26,27). The van der Waals surface area contributed by atoms with Crippen LogP contribution in [0.25, 0.3) is 11.2 Å². The summed E-state index contributed by atoms with van der Waals surface area (Å²) in [4.78, 5) is 26.6. The number of hydrogen-bond donors (Lipinski definition) is 2. The van der Waals surface area contributed by atoms with E-state index in [1.54, 1.807) is 14.0 Å². The van der Waals surface area contributed by atoms with Crippen molar-refractivity contribution in [1.82, 2.24) is 24.4 Å². The third-order valence-corrected chi connectivity index (χ3v) is 5.46. The molecule has 178 valence electrons. The third-order valence-electron chi connectivity index (χ3n) is 5.46. The van der Waals surface area contributed by atoms with E-state index in [1.807, 2.05) is 35.9 Å². The second-order valence-corrected chi connectivity index (χ2v) is 8.06. The molecule has 0 radical (unpaired) electrons. The number of nitrogens with zero attached hydrogens (tertiary/aromatic N) is 5. The number of unbranched alkanes of at least 4 members (excludes halogenated alkanes) is 1. The van der Waals surface area contributed by atoms with E-state index in [1.165, 1.54) is 0 Å². The Balaban J connectivity index is 1.74. The Morgan fingerprint density at radius 3 is 2.79 bits per heavy atom. The molecule has 2 heterocycles. The van der Waals surface area contributed by atoms with Crippen molar-refractivity contribution in [2.75, 3.05) is 33.0 Å². The zero-order chi connectivity index (χ0) is 24.0. The molecule has 1 aromatic carbocycles. The molecule has 10 nitrogen and oxygen atoms in total. The van der Waals surface area contributed by atoms with Crippen LogP contribution in [-0.4, -0.2) is 62.8 Å². The van der Waals surface area contributed by atoms with Gasteiger partial charge in [0.25, 0.3) is 6.01 Å². The van der Waals surface area contributed by atoms with Crippen LogP contribution in [0, 0.1) is 0 Å². The summed E-state index contributed by atoms with van der Waals surface area (Å²) in [6.07, 6.45) is 1.91. The second-order valence-electron chi connectivity index (χ2n) is 8.06. The minimum absolute atomic E-state index is 0.231. The first kappa shape index (κ1) is 24.2. The van der Waals surface area contributed by atoms with E-state index in [2.05, 4.69) is 26.8 Å². The summed E-state index contributed by atoms with van der Waals surface area (Å²) in [5, 5.41) is 9.27. The van der Waals surface area contributed by atoms with Crippen molar-refractivity contribution < 1.29 is 19.4 Å². The molecule has 10 heteroatoms. The summed E-state index contributed by atoms with van der Waals surface area (Å²) in [5.74, 6) is -1.13. The Kier molecular flexibility index (Phi) is 8.05. The Hall–Kier alpha value is -3.40. The first-order valence-corrected chi connectivity index (χ1v) is 11.0. The average Bonchev–Trinajstić information content (AvgIpc) is 3.15. The number of benzene rings is 1. The first-order valence-electron chi connectivity index (χ1n) is 11.0. The Bertz CT molecular complexity index is 1100. The molecule has 0 aliphatic heterocycles. The highest BCUT2D eigenvalue weighted by atomic mass is 16.5. The number of carboxylic acid groups (broad SMARTS) is 1. The summed E-state index contributed by atoms with van der Waals surface area (Å²) in [7, 11) is 3.56. The summed E-state index contributed by atoms with van der Waals surface area (Å²) < 4.78 is 13.0. The number of ether oxygens (including phenoxy) is 2. The monoisotopic (exact) mass is 456 g/mol. The fourth-order valence-electron chi connectivity index (χ4n) is 3.48. The number of fused-ring (bicyclic) bond motifs is 1. The number of carboxylic acids is 1. The highest BCUT2D eigenvalue weighted by molar-refractivity contribution is 5.83. The van der Waals surface area contributed by atoms with Gasteiger partial charge in [-0.3, -0.25) is 9.36 Å². The number of imidazole rings is 1. The quantitative estimate of drug-likeness (QED) is 0.395. The number of anilines is 1. The van der Waals surface area contributed by atoms with Crippen molar-refractivity contribution in [1.29, 1.82) is 0 Å². The number of hydrogen-bond acceptors (Lipinski definition) is 8. The van der Waals surface area contributed by atoms with Gasteiger partial charge >= 0.3 is 12.0 Å². The molecule has 0 bridgehead atoms. The van der Waals surface area contributed by atoms with Gasteiger partial charge in [0.05, 0.1) is 19.6 Å². The number of likely N-dealkylation sites (N-methyl/N-ethyl adjacent to an activating group) is 1. The molecule has 3 N–H and O–H groups in total. The Labute approximate surface area is 193 Å². The van der Waals surface area contributed by atoms with Crippen LogP contribution in [0.2, 0.25) is 0 Å². The van der Waals surface area contributed by atoms with E-state index < -0.39 is 11.9 Å². The molecular formula is C23H32N6O4. The van der Waals surface area contributed by atoms with Crippen molar-refractivity contribution in [3.05, 3.63) is 35.4 Å². The number of rotatable bonds is 12. The summed E-state index contributed by atoms with van der Waals surface area (Å²) >= 11 is 0. The van der Waals surface area contributed by atoms with Gasteiger partial charge in [-0.05, 0) is 31.5 Å². The normalized spacial score (nSPS) is 12.3. The zero-order valence-corrected chi connectivity index (χ0v) is 19.6. The lowest BCUT2D eigenvalue weighted by Crippen LogP contribution is -2.23. The fraction of sp³-hybridized carbons (Fsp3) is 0.478. The van der Waals surface area contributed by atoms with Gasteiger partial charge in [-0.2, -0.15) is 15.0 Å². The molecular weight excluding hydrogens is 424 g/mol. The molecule has 0 aliphatic carbocycles. The lowest BCUT2D eigenvalue weighted by atomic mass is 9.99. The van der Waals surface area contributed by atoms with Gasteiger partial charge in [-0.1, -0.05) is 37.6 Å². The smallest absolute Gasteiger partial charge is 0.320 e. The van der Waals surface area contributed by atoms with Crippen LogP contribution in [0.3, 0.4) is 0 Å². The van der Waals surface area contributed by atoms with Crippen molar-refractivity contribution in [2.45, 2.75) is 45.7 Å². The van der Waals surface area contributed by atoms with Crippen molar-refractivity contribution in [2.24, 2.45) is 0 Å². The predicted molar refractivity (Wildman–Crippen MR) is 126 cm³/mol. The van der Waals surface area contributed by atoms with E-state index in [0.29, 0.717) is 43.4 Å². The summed E-state index contributed by atoms with van der Waals surface area (Å²) in [6.45, 7) is 6.20. The van der Waals surface area contributed by atoms with Crippen LogP contribution in [0.5, 0.6) is 12.0 Å². The molecule has 0 spiro atoms. The topological polar surface area (TPSA) is 129 Å². The largest absolute Gasteiger partial charge is 0.481 e. The van der Waals surface area contributed by atoms with E-state index in [-0.39, 0.29) is 11.8 Å². The van der Waals surface area contributed by atoms with Crippen molar-refractivity contribution >= 4 is 23.0 Å². The van der Waals surface area contributed by atoms with Crippen LogP contribution < -0.4 is 15.2 Å². The fourth-order valence-corrected chi connectivity index (χ4v) is 3.48. The molecule has 0 aliphatic rings. The average molecular weight is 457 g/mol. The van der Waals surface area contributed by atoms with Crippen LogP contribution in [0.4, 0.5) is 5.82 Å². The lowest BCUT2D eigenvalue weighted by Gasteiger charge is -2.18. The number of aromatic nitrogens is 4. The van der Waals surface area contributed by atoms with Gasteiger partial charge in [-0.25, -0.2) is 0 Å².